The summed E-state index contributed by atoms with van der Waals surface area (Å²) in [5.74, 6) is 1.70. The van der Waals surface area contributed by atoms with Gasteiger partial charge in [0.25, 0.3) is 0 Å². The highest BCUT2D eigenvalue weighted by molar-refractivity contribution is 7.09. The molecule has 0 saturated heterocycles. The number of ether oxygens (including phenoxy) is 1. The van der Waals surface area contributed by atoms with Gasteiger partial charge >= 0.3 is 0 Å². The molecule has 0 bridgehead atoms. The molecule has 0 aliphatic heterocycles. The summed E-state index contributed by atoms with van der Waals surface area (Å²) in [4.78, 5) is 6.54. The lowest BCUT2D eigenvalue weighted by Gasteiger charge is -2.12. The number of methoxy groups -OCH3 is 1. The molecule has 19 heavy (non-hydrogen) atoms. The number of nitrogens with zero attached hydrogens (tertiary/aromatic N) is 3. The fourth-order valence-electron chi connectivity index (χ4n) is 1.69. The fraction of sp³-hybridized carbons (Fsp3) is 0.385. The van der Waals surface area contributed by atoms with Gasteiger partial charge in [0.1, 0.15) is 11.6 Å². The van der Waals surface area contributed by atoms with E-state index in [0.29, 0.717) is 6.54 Å². The van der Waals surface area contributed by atoms with E-state index >= 15 is 0 Å². The third-order valence-corrected chi connectivity index (χ3v) is 3.64. The molecule has 0 saturated carbocycles. The Bertz CT molecular complexity index is 512. The first kappa shape index (κ1) is 13.8. The van der Waals surface area contributed by atoms with Crippen molar-refractivity contribution in [1.29, 1.82) is 0 Å². The van der Waals surface area contributed by atoms with Gasteiger partial charge in [-0.2, -0.15) is 4.37 Å². The highest BCUT2D eigenvalue weighted by atomic mass is 32.1. The van der Waals surface area contributed by atoms with Crippen molar-refractivity contribution >= 4 is 16.7 Å². The molecule has 0 unspecified atom stereocenters. The summed E-state index contributed by atoms with van der Waals surface area (Å²) in [7, 11) is 3.64. The van der Waals surface area contributed by atoms with Crippen LogP contribution in [0, 0.1) is 0 Å². The second kappa shape index (κ2) is 6.49. The van der Waals surface area contributed by atoms with E-state index in [4.69, 9.17) is 10.5 Å². The maximum Gasteiger partial charge on any atom is 0.204 e. The topological polar surface area (TPSA) is 64.3 Å². The third-order valence-electron chi connectivity index (χ3n) is 2.77. The number of hydrogen-bond donors (Lipinski definition) is 1. The Labute approximate surface area is 117 Å². The Kier molecular flexibility index (Phi) is 4.70. The van der Waals surface area contributed by atoms with Crippen molar-refractivity contribution in [2.45, 2.75) is 6.42 Å². The zero-order valence-electron chi connectivity index (χ0n) is 11.2. The van der Waals surface area contributed by atoms with Crippen molar-refractivity contribution in [2.75, 3.05) is 32.1 Å². The first-order valence-electron chi connectivity index (χ1n) is 6.09. The van der Waals surface area contributed by atoms with Gasteiger partial charge < -0.3 is 15.4 Å². The molecule has 102 valence electrons. The number of hydrogen-bond acceptors (Lipinski definition) is 6. The zero-order chi connectivity index (χ0) is 13.7. The highest BCUT2D eigenvalue weighted by Gasteiger charge is 2.08. The molecule has 1 aromatic heterocycles. The van der Waals surface area contributed by atoms with Crippen molar-refractivity contribution in [3.05, 3.63) is 35.7 Å². The van der Waals surface area contributed by atoms with Gasteiger partial charge in [-0.1, -0.05) is 12.1 Å². The van der Waals surface area contributed by atoms with Crippen LogP contribution >= 0.6 is 11.5 Å². The molecule has 6 heteroatoms. The summed E-state index contributed by atoms with van der Waals surface area (Å²) < 4.78 is 9.51. The molecule has 0 radical (unpaired) electrons. The van der Waals surface area contributed by atoms with Gasteiger partial charge in [-0.05, 0) is 17.7 Å². The Balaban J connectivity index is 2.02. The Hall–Kier alpha value is -1.66. The van der Waals surface area contributed by atoms with Crippen molar-refractivity contribution in [1.82, 2.24) is 9.36 Å². The average molecular weight is 278 g/mol. The lowest BCUT2D eigenvalue weighted by molar-refractivity contribution is 0.414. The molecule has 0 aliphatic rings. The predicted octanol–water partition coefficient (Wildman–Crippen LogP) is 1.53. The smallest absolute Gasteiger partial charge is 0.204 e. The molecular formula is C13H18N4OS. The van der Waals surface area contributed by atoms with Crippen LogP contribution in [-0.4, -0.2) is 36.6 Å². The van der Waals surface area contributed by atoms with Crippen LogP contribution in [0.5, 0.6) is 5.75 Å². The summed E-state index contributed by atoms with van der Waals surface area (Å²) in [5.41, 5.74) is 6.70. The van der Waals surface area contributed by atoms with Crippen LogP contribution < -0.4 is 15.4 Å². The number of aromatic nitrogens is 2. The zero-order valence-corrected chi connectivity index (χ0v) is 12.0. The predicted molar refractivity (Wildman–Crippen MR) is 78.0 cm³/mol. The number of anilines is 1. The van der Waals surface area contributed by atoms with Gasteiger partial charge in [-0.3, -0.25) is 0 Å². The van der Waals surface area contributed by atoms with Gasteiger partial charge in [0.15, 0.2) is 0 Å². The Morgan fingerprint density at radius 2 is 2.05 bits per heavy atom. The second-order valence-electron chi connectivity index (χ2n) is 4.23. The van der Waals surface area contributed by atoms with E-state index < -0.39 is 0 Å². The van der Waals surface area contributed by atoms with E-state index in [9.17, 15) is 0 Å². The molecule has 2 aromatic rings. The van der Waals surface area contributed by atoms with Gasteiger partial charge in [-0.25, -0.2) is 4.98 Å². The fourth-order valence-corrected chi connectivity index (χ4v) is 2.36. The molecule has 1 heterocycles. The molecule has 2 rings (SSSR count). The van der Waals surface area contributed by atoms with E-state index in [1.54, 1.807) is 7.11 Å². The minimum absolute atomic E-state index is 0.615. The number of nitrogens with two attached hydrogens (primary N) is 1. The van der Waals surface area contributed by atoms with Crippen molar-refractivity contribution in [3.8, 4) is 5.75 Å². The van der Waals surface area contributed by atoms with E-state index in [0.717, 1.165) is 29.7 Å². The van der Waals surface area contributed by atoms with Crippen LogP contribution in [0.1, 0.15) is 11.4 Å². The van der Waals surface area contributed by atoms with Gasteiger partial charge in [0.05, 0.1) is 7.11 Å². The van der Waals surface area contributed by atoms with E-state index in [-0.39, 0.29) is 0 Å². The van der Waals surface area contributed by atoms with Crippen LogP contribution in [0.25, 0.3) is 0 Å². The molecule has 0 atom stereocenters. The first-order valence-corrected chi connectivity index (χ1v) is 6.87. The van der Waals surface area contributed by atoms with Crippen molar-refractivity contribution in [2.24, 2.45) is 5.73 Å². The molecule has 1 aromatic carbocycles. The van der Waals surface area contributed by atoms with Gasteiger partial charge in [0, 0.05) is 38.1 Å². The van der Waals surface area contributed by atoms with Crippen LogP contribution in [-0.2, 0) is 6.42 Å². The summed E-state index contributed by atoms with van der Waals surface area (Å²) in [6.07, 6.45) is 0.733. The van der Waals surface area contributed by atoms with E-state index in [1.165, 1.54) is 17.1 Å². The van der Waals surface area contributed by atoms with Gasteiger partial charge in [0.2, 0.25) is 5.13 Å². The van der Waals surface area contributed by atoms with Crippen LogP contribution in [0.2, 0.25) is 0 Å². The van der Waals surface area contributed by atoms with Crippen LogP contribution in [0.15, 0.2) is 24.3 Å². The molecule has 0 aliphatic carbocycles. The standard InChI is InChI=1S/C13H18N4OS/c1-17(8-7-14)13-15-12(16-19-13)9-10-3-5-11(18-2)6-4-10/h3-6H,7-9,14H2,1-2H3. The summed E-state index contributed by atoms with van der Waals surface area (Å²) in [5, 5.41) is 0.911. The minimum atomic E-state index is 0.615. The molecule has 0 spiro atoms. The number of likely N-dealkylation sites (N-methyl/N-ethyl adjacent to an activating group) is 1. The second-order valence-corrected chi connectivity index (χ2v) is 4.96. The summed E-state index contributed by atoms with van der Waals surface area (Å²) in [6, 6.07) is 7.96. The normalized spacial score (nSPS) is 10.5. The van der Waals surface area contributed by atoms with E-state index in [1.807, 2.05) is 36.2 Å². The quantitative estimate of drug-likeness (QED) is 0.868. The van der Waals surface area contributed by atoms with Gasteiger partial charge in [-0.15, -0.1) is 0 Å². The monoisotopic (exact) mass is 278 g/mol. The summed E-state index contributed by atoms with van der Waals surface area (Å²) in [6.45, 7) is 1.40. The number of benzene rings is 1. The molecular weight excluding hydrogens is 260 g/mol. The first-order chi connectivity index (χ1) is 9.22. The third kappa shape index (κ3) is 3.65. The molecule has 0 amide bonds. The van der Waals surface area contributed by atoms with Crippen molar-refractivity contribution in [3.63, 3.8) is 0 Å². The minimum Gasteiger partial charge on any atom is -0.497 e. The molecule has 5 nitrogen and oxygen atoms in total. The lowest BCUT2D eigenvalue weighted by Crippen LogP contribution is -2.24. The SMILES string of the molecule is COc1ccc(Cc2nsc(N(C)CCN)n2)cc1. The summed E-state index contributed by atoms with van der Waals surface area (Å²) >= 11 is 1.41. The maximum atomic E-state index is 5.53. The Morgan fingerprint density at radius 1 is 1.32 bits per heavy atom. The maximum absolute atomic E-state index is 5.53. The van der Waals surface area contributed by atoms with Crippen molar-refractivity contribution < 1.29 is 4.74 Å². The van der Waals surface area contributed by atoms with Crippen LogP contribution in [0.4, 0.5) is 5.13 Å². The molecule has 2 N–H and O–H groups in total. The van der Waals surface area contributed by atoms with Crippen LogP contribution in [0.3, 0.4) is 0 Å². The Morgan fingerprint density at radius 3 is 2.68 bits per heavy atom. The highest BCUT2D eigenvalue weighted by Crippen LogP contribution is 2.18. The number of rotatable bonds is 6. The molecule has 0 fully saturated rings. The van der Waals surface area contributed by atoms with E-state index in [2.05, 4.69) is 9.36 Å². The lowest BCUT2D eigenvalue weighted by atomic mass is 10.1. The largest absolute Gasteiger partial charge is 0.497 e. The average Bonchev–Trinajstić information content (AvgIpc) is 2.88.